The molecule has 0 spiro atoms. The van der Waals surface area contributed by atoms with Crippen molar-refractivity contribution in [2.45, 2.75) is 51.1 Å². The minimum Gasteiger partial charge on any atom is -0.444 e. The second-order valence-electron chi connectivity index (χ2n) is 8.65. The molecule has 1 atom stereocenters. The van der Waals surface area contributed by atoms with E-state index >= 15 is 0 Å². The largest absolute Gasteiger partial charge is 0.444 e. The first kappa shape index (κ1) is 27.3. The van der Waals surface area contributed by atoms with Crippen LogP contribution in [0.15, 0.2) is 35.3 Å². The van der Waals surface area contributed by atoms with E-state index in [9.17, 15) is 22.4 Å². The molecule has 0 bridgehead atoms. The van der Waals surface area contributed by atoms with E-state index in [1.807, 2.05) is 0 Å². The zero-order valence-corrected chi connectivity index (χ0v) is 20.9. The zero-order chi connectivity index (χ0) is 26.2. The molecule has 0 radical (unpaired) electrons. The lowest BCUT2D eigenvalue weighted by Crippen LogP contribution is -2.42. The maximum absolute atomic E-state index is 14.1. The summed E-state index contributed by atoms with van der Waals surface area (Å²) >= 11 is 17.6. The molecule has 1 saturated heterocycles. The molecule has 6 nitrogen and oxygen atoms in total. The smallest absolute Gasteiger partial charge is 0.424 e. The summed E-state index contributed by atoms with van der Waals surface area (Å²) in [6.45, 7) is 5.13. The van der Waals surface area contributed by atoms with Crippen molar-refractivity contribution < 1.29 is 31.9 Å². The van der Waals surface area contributed by atoms with Crippen molar-refractivity contribution in [3.8, 4) is 0 Å². The van der Waals surface area contributed by atoms with E-state index in [1.165, 1.54) is 18.2 Å². The number of nitrogens with zero attached hydrogens (tertiary/aromatic N) is 1. The average molecular weight is 557 g/mol. The van der Waals surface area contributed by atoms with E-state index in [0.717, 1.165) is 12.1 Å². The van der Waals surface area contributed by atoms with Crippen LogP contribution in [0.1, 0.15) is 38.3 Å². The molecule has 1 unspecified atom stereocenters. The monoisotopic (exact) mass is 555 g/mol. The quantitative estimate of drug-likeness (QED) is 0.308. The predicted octanol–water partition coefficient (Wildman–Crippen LogP) is 7.22. The fourth-order valence-electron chi connectivity index (χ4n) is 3.19. The van der Waals surface area contributed by atoms with E-state index < -0.39 is 51.3 Å². The normalized spacial score (nSPS) is 19.5. The lowest BCUT2D eigenvalue weighted by Gasteiger charge is -2.29. The second-order valence-corrected chi connectivity index (χ2v) is 9.87. The molecule has 1 fully saturated rings. The van der Waals surface area contributed by atoms with Crippen molar-refractivity contribution in [1.82, 2.24) is 10.8 Å². The molecular weight excluding hydrogens is 537 g/mol. The van der Waals surface area contributed by atoms with E-state index in [4.69, 9.17) is 44.4 Å². The van der Waals surface area contributed by atoms with Crippen molar-refractivity contribution in [3.05, 3.63) is 62.3 Å². The lowest BCUT2D eigenvalue weighted by molar-refractivity contribution is -0.282. The van der Waals surface area contributed by atoms with Gasteiger partial charge in [-0.2, -0.15) is 13.2 Å². The zero-order valence-electron chi connectivity index (χ0n) is 18.6. The van der Waals surface area contributed by atoms with Crippen LogP contribution in [0.4, 0.5) is 28.0 Å². The number of nitrogens with one attached hydrogen (secondary N) is 2. The number of hydrogen-bond acceptors (Lipinski definition) is 4. The van der Waals surface area contributed by atoms with Crippen LogP contribution >= 0.6 is 34.8 Å². The molecule has 1 aliphatic heterocycles. The Bertz CT molecular complexity index is 1150. The van der Waals surface area contributed by atoms with E-state index in [1.54, 1.807) is 20.8 Å². The SMILES string of the molecule is CC(C)(C)OC(=O)NCc1cc(N=C2CC(c3cc(Cl)c(F)c(Cl)c3)(C(F)(F)F)ON2)ccc1Cl. The number of amides is 1. The van der Waals surface area contributed by atoms with Crippen molar-refractivity contribution in [2.24, 2.45) is 4.99 Å². The molecule has 1 heterocycles. The number of hydrogen-bond donors (Lipinski definition) is 2. The van der Waals surface area contributed by atoms with Gasteiger partial charge in [0.1, 0.15) is 11.4 Å². The molecule has 0 saturated carbocycles. The highest BCUT2D eigenvalue weighted by Gasteiger charge is 2.62. The first-order chi connectivity index (χ1) is 16.1. The van der Waals surface area contributed by atoms with Gasteiger partial charge in [-0.1, -0.05) is 34.8 Å². The summed E-state index contributed by atoms with van der Waals surface area (Å²) in [6.07, 6.45) is -6.35. The van der Waals surface area contributed by atoms with Crippen LogP contribution in [0, 0.1) is 5.82 Å². The Hall–Kier alpha value is -2.27. The van der Waals surface area contributed by atoms with Crippen LogP contribution in [0.25, 0.3) is 0 Å². The van der Waals surface area contributed by atoms with Gasteiger partial charge in [-0.3, -0.25) is 10.3 Å². The Labute approximate surface area is 213 Å². The number of rotatable bonds is 4. The maximum Gasteiger partial charge on any atom is 0.424 e. The number of carbonyl (C=O) groups excluding carboxylic acids is 1. The maximum atomic E-state index is 14.1. The van der Waals surface area contributed by atoms with Gasteiger partial charge in [0.15, 0.2) is 5.82 Å². The second kappa shape index (κ2) is 10.0. The topological polar surface area (TPSA) is 72.0 Å². The standard InChI is InChI=1S/C22H20Cl3F4N3O3/c1-20(2,3)34-19(33)30-10-11-6-13(4-5-14(11)23)31-17-9-21(35-32-17,22(27,28)29)12-7-15(24)18(26)16(25)8-12/h4-8H,9-10H2,1-3H3,(H,30,33)(H,31,32). The van der Waals surface area contributed by atoms with Crippen LogP contribution in [0.2, 0.25) is 15.1 Å². The highest BCUT2D eigenvalue weighted by atomic mass is 35.5. The molecule has 1 amide bonds. The molecule has 13 heteroatoms. The average Bonchev–Trinajstić information content (AvgIpc) is 3.16. The molecule has 3 rings (SSSR count). The summed E-state index contributed by atoms with van der Waals surface area (Å²) < 4.78 is 61.3. The van der Waals surface area contributed by atoms with Gasteiger partial charge in [0, 0.05) is 11.6 Å². The van der Waals surface area contributed by atoms with Crippen molar-refractivity contribution in [2.75, 3.05) is 0 Å². The molecule has 35 heavy (non-hydrogen) atoms. The first-order valence-corrected chi connectivity index (χ1v) is 11.2. The van der Waals surface area contributed by atoms with Crippen LogP contribution in [-0.4, -0.2) is 23.7 Å². The van der Waals surface area contributed by atoms with E-state index in [-0.39, 0.29) is 18.1 Å². The van der Waals surface area contributed by atoms with E-state index in [2.05, 4.69) is 15.8 Å². The fraction of sp³-hybridized carbons (Fsp3) is 0.364. The number of alkyl halides is 3. The Morgan fingerprint density at radius 2 is 1.77 bits per heavy atom. The van der Waals surface area contributed by atoms with Gasteiger partial charge in [-0.15, -0.1) is 0 Å². The summed E-state index contributed by atoms with van der Waals surface area (Å²) in [7, 11) is 0. The number of ether oxygens (including phenoxy) is 1. The van der Waals surface area contributed by atoms with Crippen molar-refractivity contribution in [3.63, 3.8) is 0 Å². The molecule has 2 aromatic rings. The molecule has 2 aromatic carbocycles. The number of benzene rings is 2. The van der Waals surface area contributed by atoms with Crippen molar-refractivity contribution in [1.29, 1.82) is 0 Å². The predicted molar refractivity (Wildman–Crippen MR) is 125 cm³/mol. The highest BCUT2D eigenvalue weighted by Crippen LogP contribution is 2.48. The molecule has 0 aliphatic carbocycles. The third-order valence-corrected chi connectivity index (χ3v) is 5.70. The number of alkyl carbamates (subject to hydrolysis) is 1. The van der Waals surface area contributed by atoms with Gasteiger partial charge in [-0.05, 0) is 62.2 Å². The minimum atomic E-state index is -4.93. The van der Waals surface area contributed by atoms with E-state index in [0.29, 0.717) is 10.6 Å². The molecule has 190 valence electrons. The summed E-state index contributed by atoms with van der Waals surface area (Å²) in [5.41, 5.74) is -1.19. The van der Waals surface area contributed by atoms with Gasteiger partial charge >= 0.3 is 12.3 Å². The van der Waals surface area contributed by atoms with Gasteiger partial charge in [-0.25, -0.2) is 14.2 Å². The molecular formula is C22H20Cl3F4N3O3. The Kier molecular flexibility index (Phi) is 7.81. The van der Waals surface area contributed by atoms with Crippen LogP contribution in [-0.2, 0) is 21.7 Å². The summed E-state index contributed by atoms with van der Waals surface area (Å²) in [4.78, 5) is 21.0. The number of carbonyl (C=O) groups is 1. The first-order valence-electron chi connectivity index (χ1n) is 10.1. The Morgan fingerprint density at radius 3 is 2.34 bits per heavy atom. The Morgan fingerprint density at radius 1 is 1.14 bits per heavy atom. The van der Waals surface area contributed by atoms with Gasteiger partial charge < -0.3 is 10.1 Å². The number of amidine groups is 1. The van der Waals surface area contributed by atoms with Crippen LogP contribution < -0.4 is 10.8 Å². The summed E-state index contributed by atoms with van der Waals surface area (Å²) in [5.74, 6) is -1.20. The van der Waals surface area contributed by atoms with Gasteiger partial charge in [0.25, 0.3) is 0 Å². The van der Waals surface area contributed by atoms with Gasteiger partial charge in [0.05, 0.1) is 22.2 Å². The number of hydroxylamine groups is 1. The van der Waals surface area contributed by atoms with Crippen LogP contribution in [0.5, 0.6) is 0 Å². The van der Waals surface area contributed by atoms with Crippen molar-refractivity contribution >= 4 is 52.4 Å². The van der Waals surface area contributed by atoms with Gasteiger partial charge in [0.2, 0.25) is 5.60 Å². The number of halogens is 7. The minimum absolute atomic E-state index is 0.00453. The summed E-state index contributed by atoms with van der Waals surface area (Å²) in [5, 5.41) is 1.70. The molecule has 0 aromatic heterocycles. The fourth-order valence-corrected chi connectivity index (χ4v) is 3.86. The third-order valence-electron chi connectivity index (χ3n) is 4.78. The van der Waals surface area contributed by atoms with Crippen LogP contribution in [0.3, 0.4) is 0 Å². The Balaban J connectivity index is 1.86. The lowest BCUT2D eigenvalue weighted by atomic mass is 9.90. The molecule has 2 N–H and O–H groups in total. The number of aliphatic imine (C=N–C) groups is 1. The third kappa shape index (κ3) is 6.30. The molecule has 1 aliphatic rings. The summed E-state index contributed by atoms with van der Waals surface area (Å²) in [6, 6.07) is 6.08. The highest BCUT2D eigenvalue weighted by molar-refractivity contribution is 6.35.